The Bertz CT molecular complexity index is 3120. The Kier molecular flexibility index (Phi) is 6.79. The molecule has 0 amide bonds. The van der Waals surface area contributed by atoms with Crippen molar-refractivity contribution in [2.75, 3.05) is 0 Å². The van der Waals surface area contributed by atoms with E-state index < -0.39 is 0 Å². The van der Waals surface area contributed by atoms with Crippen LogP contribution >= 0.6 is 0 Å². The first-order valence-corrected chi connectivity index (χ1v) is 18.2. The lowest BCUT2D eigenvalue weighted by molar-refractivity contribution is 0.954. The van der Waals surface area contributed by atoms with Gasteiger partial charge in [0.1, 0.15) is 0 Å². The summed E-state index contributed by atoms with van der Waals surface area (Å²) in [4.78, 5) is 15.4. The minimum absolute atomic E-state index is 0.581. The van der Waals surface area contributed by atoms with Crippen molar-refractivity contribution in [2.24, 2.45) is 0 Å². The molecular weight excluding hydrogens is 659 g/mol. The van der Waals surface area contributed by atoms with E-state index >= 15 is 0 Å². The second-order valence-corrected chi connectivity index (χ2v) is 13.7. The van der Waals surface area contributed by atoms with E-state index in [2.05, 4.69) is 161 Å². The number of aromatic nitrogens is 5. The van der Waals surface area contributed by atoms with Crippen molar-refractivity contribution in [2.45, 2.75) is 0 Å². The Hall–Kier alpha value is -7.37. The second kappa shape index (κ2) is 12.1. The summed E-state index contributed by atoms with van der Waals surface area (Å²) < 4.78 is 4.63. The van der Waals surface area contributed by atoms with E-state index in [0.29, 0.717) is 17.6 Å². The molecule has 8 aromatic carbocycles. The average molecular weight is 690 g/mol. The SMILES string of the molecule is c1ccc(-c2ccc(-n3c4ccccc4c4c5c6c7ccccc7ccc6n(-c6nc(-c7ccccc7)nc(-c7ccccc7)n6)c5ccc43)cc2)cc1. The Morgan fingerprint density at radius 1 is 0.296 bits per heavy atom. The predicted molar refractivity (Wildman–Crippen MR) is 222 cm³/mol. The molecule has 252 valence electrons. The predicted octanol–water partition coefficient (Wildman–Crippen LogP) is 12.2. The van der Waals surface area contributed by atoms with E-state index in [4.69, 9.17) is 15.0 Å². The van der Waals surface area contributed by atoms with E-state index in [1.54, 1.807) is 0 Å². The van der Waals surface area contributed by atoms with Crippen LogP contribution in [0.1, 0.15) is 0 Å². The van der Waals surface area contributed by atoms with Crippen LogP contribution in [-0.2, 0) is 0 Å². The molecule has 5 heteroatoms. The van der Waals surface area contributed by atoms with E-state index in [1.807, 2.05) is 36.4 Å². The monoisotopic (exact) mass is 689 g/mol. The van der Waals surface area contributed by atoms with E-state index in [9.17, 15) is 0 Å². The summed E-state index contributed by atoms with van der Waals surface area (Å²) >= 11 is 0. The summed E-state index contributed by atoms with van der Waals surface area (Å²) in [5.41, 5.74) is 9.79. The zero-order chi connectivity index (χ0) is 35.6. The maximum atomic E-state index is 5.22. The number of nitrogens with zero attached hydrogens (tertiary/aromatic N) is 5. The smallest absolute Gasteiger partial charge is 0.238 e. The quantitative estimate of drug-likeness (QED) is 0.181. The Morgan fingerprint density at radius 2 is 0.778 bits per heavy atom. The van der Waals surface area contributed by atoms with Crippen LogP contribution in [-0.4, -0.2) is 24.1 Å². The van der Waals surface area contributed by atoms with E-state index in [1.165, 1.54) is 43.4 Å². The third-order valence-corrected chi connectivity index (χ3v) is 10.6. The number of fused-ring (bicyclic) bond motifs is 9. The summed E-state index contributed by atoms with van der Waals surface area (Å²) in [5, 5.41) is 7.14. The van der Waals surface area contributed by atoms with Gasteiger partial charge in [-0.15, -0.1) is 0 Å². The molecule has 11 aromatic rings. The van der Waals surface area contributed by atoms with Crippen molar-refractivity contribution >= 4 is 54.4 Å². The van der Waals surface area contributed by atoms with Crippen LogP contribution in [0.2, 0.25) is 0 Å². The molecular formula is C49H31N5. The fourth-order valence-corrected chi connectivity index (χ4v) is 8.15. The van der Waals surface area contributed by atoms with Crippen molar-refractivity contribution in [1.29, 1.82) is 0 Å². The van der Waals surface area contributed by atoms with Crippen LogP contribution < -0.4 is 0 Å². The highest BCUT2D eigenvalue weighted by Crippen LogP contribution is 2.44. The first-order valence-electron chi connectivity index (χ1n) is 18.2. The lowest BCUT2D eigenvalue weighted by Crippen LogP contribution is -2.06. The Labute approximate surface area is 311 Å². The van der Waals surface area contributed by atoms with Crippen molar-refractivity contribution < 1.29 is 0 Å². The van der Waals surface area contributed by atoms with Crippen LogP contribution in [0.3, 0.4) is 0 Å². The molecule has 0 aliphatic heterocycles. The molecule has 0 N–H and O–H groups in total. The van der Waals surface area contributed by atoms with Gasteiger partial charge in [-0.2, -0.15) is 9.97 Å². The van der Waals surface area contributed by atoms with Gasteiger partial charge in [0.15, 0.2) is 11.6 Å². The molecule has 0 aliphatic rings. The number of rotatable bonds is 5. The second-order valence-electron chi connectivity index (χ2n) is 13.7. The minimum atomic E-state index is 0.581. The van der Waals surface area contributed by atoms with Crippen molar-refractivity contribution in [3.63, 3.8) is 0 Å². The van der Waals surface area contributed by atoms with E-state index in [0.717, 1.165) is 38.9 Å². The van der Waals surface area contributed by atoms with Crippen molar-refractivity contribution in [3.8, 4) is 45.5 Å². The van der Waals surface area contributed by atoms with Gasteiger partial charge in [0.25, 0.3) is 0 Å². The van der Waals surface area contributed by atoms with Gasteiger partial charge in [-0.1, -0.05) is 152 Å². The zero-order valence-electron chi connectivity index (χ0n) is 29.1. The fraction of sp³-hybridized carbons (Fsp3) is 0. The number of para-hydroxylation sites is 1. The van der Waals surface area contributed by atoms with Gasteiger partial charge in [-0.05, 0) is 58.3 Å². The van der Waals surface area contributed by atoms with Crippen molar-refractivity contribution in [3.05, 3.63) is 188 Å². The summed E-state index contributed by atoms with van der Waals surface area (Å²) in [5.74, 6) is 1.84. The van der Waals surface area contributed by atoms with E-state index in [-0.39, 0.29) is 0 Å². The van der Waals surface area contributed by atoms with Gasteiger partial charge in [0.2, 0.25) is 5.95 Å². The van der Waals surface area contributed by atoms with Crippen LogP contribution in [0.4, 0.5) is 0 Å². The normalized spacial score (nSPS) is 11.7. The third-order valence-electron chi connectivity index (χ3n) is 10.6. The first kappa shape index (κ1) is 30.3. The van der Waals surface area contributed by atoms with Gasteiger partial charge in [-0.25, -0.2) is 4.98 Å². The van der Waals surface area contributed by atoms with Gasteiger partial charge >= 0.3 is 0 Å². The Morgan fingerprint density at radius 3 is 1.44 bits per heavy atom. The lowest BCUT2D eigenvalue weighted by atomic mass is 10.0. The molecule has 0 saturated carbocycles. The highest BCUT2D eigenvalue weighted by Gasteiger charge is 2.24. The number of benzene rings is 8. The highest BCUT2D eigenvalue weighted by atomic mass is 15.2. The molecule has 0 spiro atoms. The summed E-state index contributed by atoms with van der Waals surface area (Å²) in [7, 11) is 0. The molecule has 0 radical (unpaired) electrons. The maximum absolute atomic E-state index is 5.22. The topological polar surface area (TPSA) is 48.5 Å². The molecule has 0 fully saturated rings. The number of hydrogen-bond donors (Lipinski definition) is 0. The van der Waals surface area contributed by atoms with Crippen LogP contribution in [0.15, 0.2) is 188 Å². The molecule has 5 nitrogen and oxygen atoms in total. The molecule has 0 bridgehead atoms. The summed E-state index contributed by atoms with van der Waals surface area (Å²) in [6, 6.07) is 66.2. The van der Waals surface area contributed by atoms with Gasteiger partial charge in [-0.3, -0.25) is 4.57 Å². The minimum Gasteiger partial charge on any atom is -0.309 e. The molecule has 11 rings (SSSR count). The maximum Gasteiger partial charge on any atom is 0.238 e. The van der Waals surface area contributed by atoms with Crippen LogP contribution in [0, 0.1) is 0 Å². The summed E-state index contributed by atoms with van der Waals surface area (Å²) in [6.07, 6.45) is 0. The molecule has 54 heavy (non-hydrogen) atoms. The van der Waals surface area contributed by atoms with Gasteiger partial charge < -0.3 is 4.57 Å². The van der Waals surface area contributed by atoms with Gasteiger partial charge in [0, 0.05) is 38.4 Å². The summed E-state index contributed by atoms with van der Waals surface area (Å²) in [6.45, 7) is 0. The molecule has 0 aliphatic carbocycles. The number of hydrogen-bond acceptors (Lipinski definition) is 3. The largest absolute Gasteiger partial charge is 0.309 e. The van der Waals surface area contributed by atoms with Crippen LogP contribution in [0.25, 0.3) is 99.9 Å². The highest BCUT2D eigenvalue weighted by molar-refractivity contribution is 6.33. The first-order chi connectivity index (χ1) is 26.8. The molecule has 0 unspecified atom stereocenters. The van der Waals surface area contributed by atoms with Crippen LogP contribution in [0.5, 0.6) is 0 Å². The standard InChI is InChI=1S/C49H31N5/c1-4-14-32(15-5-1)33-24-27-37(28-25-33)53-40-23-13-12-22-39(40)45-41(53)30-31-43-46(45)44-38-21-11-10-16-34(38)26-29-42(44)54(43)49-51-47(35-17-6-2-7-18-35)50-48(52-49)36-19-8-3-9-20-36/h1-31H. The van der Waals surface area contributed by atoms with Gasteiger partial charge in [0.05, 0.1) is 22.1 Å². The Balaban J connectivity index is 1.25. The molecule has 3 heterocycles. The fourth-order valence-electron chi connectivity index (χ4n) is 8.15. The van der Waals surface area contributed by atoms with Crippen molar-refractivity contribution in [1.82, 2.24) is 24.1 Å². The molecule has 0 saturated heterocycles. The molecule has 3 aromatic heterocycles. The zero-order valence-corrected chi connectivity index (χ0v) is 29.1. The molecule has 0 atom stereocenters. The third kappa shape index (κ3) is 4.69. The lowest BCUT2D eigenvalue weighted by Gasteiger charge is -2.11. The average Bonchev–Trinajstić information content (AvgIpc) is 3.78.